The van der Waals surface area contributed by atoms with Crippen molar-refractivity contribution >= 4 is 5.95 Å². The fourth-order valence-electron chi connectivity index (χ4n) is 1.97. The van der Waals surface area contributed by atoms with Crippen LogP contribution in [-0.2, 0) is 0 Å². The van der Waals surface area contributed by atoms with Crippen LogP contribution < -0.4 is 5.73 Å². The van der Waals surface area contributed by atoms with Crippen LogP contribution in [0.25, 0.3) is 22.5 Å². The van der Waals surface area contributed by atoms with Gasteiger partial charge in [-0.25, -0.2) is 14.4 Å². The van der Waals surface area contributed by atoms with Crippen molar-refractivity contribution in [2.45, 2.75) is 0 Å². The smallest absolute Gasteiger partial charge is 0.220 e. The molecule has 0 aliphatic rings. The summed E-state index contributed by atoms with van der Waals surface area (Å²) in [5.41, 5.74) is 8.67. The van der Waals surface area contributed by atoms with Crippen LogP contribution >= 0.6 is 0 Å². The minimum Gasteiger partial charge on any atom is -0.368 e. The number of pyridine rings is 1. The standard InChI is InChI=1S/C15H11FN4/c16-11-5-3-10(4-6-11)14-12(2-1-8-18-14)13-7-9-19-15(17)20-13/h1-9H,(H2,17,19,20). The van der Waals surface area contributed by atoms with Gasteiger partial charge in [-0.2, -0.15) is 0 Å². The lowest BCUT2D eigenvalue weighted by Gasteiger charge is -2.08. The predicted octanol–water partition coefficient (Wildman–Crippen LogP) is 2.93. The summed E-state index contributed by atoms with van der Waals surface area (Å²) in [6, 6.07) is 11.7. The number of benzene rings is 1. The highest BCUT2D eigenvalue weighted by molar-refractivity contribution is 5.78. The molecule has 0 bridgehead atoms. The Morgan fingerprint density at radius 2 is 1.70 bits per heavy atom. The van der Waals surface area contributed by atoms with Crippen LogP contribution in [0.5, 0.6) is 0 Å². The van der Waals surface area contributed by atoms with Gasteiger partial charge in [0.2, 0.25) is 5.95 Å². The summed E-state index contributed by atoms with van der Waals surface area (Å²) in [4.78, 5) is 12.4. The topological polar surface area (TPSA) is 64.7 Å². The normalized spacial score (nSPS) is 10.4. The minimum absolute atomic E-state index is 0.205. The Kier molecular flexibility index (Phi) is 3.09. The highest BCUT2D eigenvalue weighted by atomic mass is 19.1. The molecule has 0 saturated heterocycles. The van der Waals surface area contributed by atoms with E-state index in [1.165, 1.54) is 12.1 Å². The summed E-state index contributed by atoms with van der Waals surface area (Å²) >= 11 is 0. The summed E-state index contributed by atoms with van der Waals surface area (Å²) in [7, 11) is 0. The van der Waals surface area contributed by atoms with E-state index in [1.54, 1.807) is 30.6 Å². The molecule has 2 N–H and O–H groups in total. The van der Waals surface area contributed by atoms with E-state index in [0.717, 1.165) is 16.8 Å². The van der Waals surface area contributed by atoms with Crippen LogP contribution in [0.3, 0.4) is 0 Å². The molecule has 3 aromatic rings. The Bertz CT molecular complexity index is 741. The second-order valence-electron chi connectivity index (χ2n) is 4.21. The van der Waals surface area contributed by atoms with E-state index in [-0.39, 0.29) is 11.8 Å². The van der Waals surface area contributed by atoms with E-state index in [4.69, 9.17) is 5.73 Å². The first kappa shape index (κ1) is 12.2. The molecular weight excluding hydrogens is 255 g/mol. The number of nitrogens with zero attached hydrogens (tertiary/aromatic N) is 3. The fraction of sp³-hybridized carbons (Fsp3) is 0. The maximum atomic E-state index is 13.0. The monoisotopic (exact) mass is 266 g/mol. The first-order valence-electron chi connectivity index (χ1n) is 6.04. The maximum absolute atomic E-state index is 13.0. The molecule has 0 aliphatic heterocycles. The number of aromatic nitrogens is 3. The molecule has 0 spiro atoms. The number of halogens is 1. The Labute approximate surface area is 115 Å². The van der Waals surface area contributed by atoms with Gasteiger partial charge < -0.3 is 5.73 Å². The van der Waals surface area contributed by atoms with Gasteiger partial charge in [0.25, 0.3) is 0 Å². The van der Waals surface area contributed by atoms with Crippen molar-refractivity contribution in [3.05, 3.63) is 60.7 Å². The highest BCUT2D eigenvalue weighted by Gasteiger charge is 2.10. The van der Waals surface area contributed by atoms with Crippen LogP contribution in [0.15, 0.2) is 54.9 Å². The van der Waals surface area contributed by atoms with Crippen molar-refractivity contribution < 1.29 is 4.39 Å². The Balaban J connectivity index is 2.16. The third kappa shape index (κ3) is 2.33. The van der Waals surface area contributed by atoms with E-state index >= 15 is 0 Å². The zero-order valence-corrected chi connectivity index (χ0v) is 10.5. The van der Waals surface area contributed by atoms with Gasteiger partial charge in [-0.05, 0) is 42.5 Å². The van der Waals surface area contributed by atoms with Crippen LogP contribution in [0.1, 0.15) is 0 Å². The lowest BCUT2D eigenvalue weighted by molar-refractivity contribution is 0.628. The summed E-state index contributed by atoms with van der Waals surface area (Å²) < 4.78 is 13.0. The number of hydrogen-bond donors (Lipinski definition) is 1. The fourth-order valence-corrected chi connectivity index (χ4v) is 1.97. The lowest BCUT2D eigenvalue weighted by Crippen LogP contribution is -1.97. The SMILES string of the molecule is Nc1nccc(-c2cccnc2-c2ccc(F)cc2)n1. The minimum atomic E-state index is -0.280. The Morgan fingerprint density at radius 1 is 0.900 bits per heavy atom. The molecule has 0 aliphatic carbocycles. The first-order valence-corrected chi connectivity index (χ1v) is 6.04. The second kappa shape index (κ2) is 5.05. The molecule has 2 heterocycles. The summed E-state index contributed by atoms with van der Waals surface area (Å²) in [5, 5.41) is 0. The van der Waals surface area contributed by atoms with Gasteiger partial charge in [-0.3, -0.25) is 4.98 Å². The van der Waals surface area contributed by atoms with Crippen LogP contribution in [0.2, 0.25) is 0 Å². The number of anilines is 1. The van der Waals surface area contributed by atoms with Crippen LogP contribution in [-0.4, -0.2) is 15.0 Å². The van der Waals surface area contributed by atoms with Gasteiger partial charge in [0.05, 0.1) is 11.4 Å². The molecule has 4 nitrogen and oxygen atoms in total. The van der Waals surface area contributed by atoms with Gasteiger partial charge in [0, 0.05) is 23.5 Å². The molecule has 3 rings (SSSR count). The molecule has 0 unspecified atom stereocenters. The van der Waals surface area contributed by atoms with E-state index in [0.29, 0.717) is 5.69 Å². The van der Waals surface area contributed by atoms with E-state index < -0.39 is 0 Å². The largest absolute Gasteiger partial charge is 0.368 e. The zero-order chi connectivity index (χ0) is 13.9. The van der Waals surface area contributed by atoms with Gasteiger partial charge >= 0.3 is 0 Å². The number of nitrogen functional groups attached to an aromatic ring is 1. The molecule has 0 radical (unpaired) electrons. The van der Waals surface area contributed by atoms with Gasteiger partial charge in [-0.1, -0.05) is 0 Å². The first-order chi connectivity index (χ1) is 9.74. The van der Waals surface area contributed by atoms with Crippen molar-refractivity contribution in [2.24, 2.45) is 0 Å². The second-order valence-corrected chi connectivity index (χ2v) is 4.21. The van der Waals surface area contributed by atoms with Crippen molar-refractivity contribution in [3.63, 3.8) is 0 Å². The summed E-state index contributed by atoms with van der Waals surface area (Å²) in [6.45, 7) is 0. The number of hydrogen-bond acceptors (Lipinski definition) is 4. The van der Waals surface area contributed by atoms with Crippen LogP contribution in [0, 0.1) is 5.82 Å². The molecule has 5 heteroatoms. The van der Waals surface area contributed by atoms with Crippen molar-refractivity contribution in [1.29, 1.82) is 0 Å². The molecular formula is C15H11FN4. The van der Waals surface area contributed by atoms with Crippen molar-refractivity contribution in [2.75, 3.05) is 5.73 Å². The number of nitrogens with two attached hydrogens (primary N) is 1. The molecule has 98 valence electrons. The van der Waals surface area contributed by atoms with Crippen molar-refractivity contribution in [3.8, 4) is 22.5 Å². The van der Waals surface area contributed by atoms with Gasteiger partial charge in [-0.15, -0.1) is 0 Å². The summed E-state index contributed by atoms with van der Waals surface area (Å²) in [5.74, 6) is -0.0751. The van der Waals surface area contributed by atoms with E-state index in [2.05, 4.69) is 15.0 Å². The Morgan fingerprint density at radius 3 is 2.45 bits per heavy atom. The Hall–Kier alpha value is -2.82. The van der Waals surface area contributed by atoms with Gasteiger partial charge in [0.15, 0.2) is 0 Å². The van der Waals surface area contributed by atoms with E-state index in [9.17, 15) is 4.39 Å². The average molecular weight is 266 g/mol. The molecule has 0 fully saturated rings. The third-order valence-corrected chi connectivity index (χ3v) is 2.88. The van der Waals surface area contributed by atoms with Gasteiger partial charge in [0.1, 0.15) is 5.82 Å². The number of rotatable bonds is 2. The van der Waals surface area contributed by atoms with E-state index in [1.807, 2.05) is 12.1 Å². The quantitative estimate of drug-likeness (QED) is 0.774. The predicted molar refractivity (Wildman–Crippen MR) is 75.1 cm³/mol. The average Bonchev–Trinajstić information content (AvgIpc) is 2.48. The zero-order valence-electron chi connectivity index (χ0n) is 10.5. The molecule has 20 heavy (non-hydrogen) atoms. The van der Waals surface area contributed by atoms with Crippen molar-refractivity contribution in [1.82, 2.24) is 15.0 Å². The van der Waals surface area contributed by atoms with Crippen LogP contribution in [0.4, 0.5) is 10.3 Å². The molecule has 1 aromatic carbocycles. The summed E-state index contributed by atoms with van der Waals surface area (Å²) in [6.07, 6.45) is 3.28. The molecule has 2 aromatic heterocycles. The lowest BCUT2D eigenvalue weighted by atomic mass is 10.0. The molecule has 0 amide bonds. The highest BCUT2D eigenvalue weighted by Crippen LogP contribution is 2.28. The third-order valence-electron chi connectivity index (χ3n) is 2.88. The molecule has 0 atom stereocenters. The molecule has 0 saturated carbocycles. The maximum Gasteiger partial charge on any atom is 0.220 e.